The third-order valence-corrected chi connectivity index (χ3v) is 9.43. The molecular formula is C30H42N6O4. The minimum atomic E-state index is -0.429. The zero-order valence-electron chi connectivity index (χ0n) is 24.9. The van der Waals surface area contributed by atoms with Gasteiger partial charge >= 0.3 is 12.2 Å². The van der Waals surface area contributed by atoms with Crippen LogP contribution < -0.4 is 29.9 Å². The summed E-state index contributed by atoms with van der Waals surface area (Å²) in [5, 5.41) is 4.95. The SMILES string of the molecule is CNC(=O)Oc1ccc2c(c1)[C@]1(C)CCN(C)[C@@H]1N2C.CNC(=O)Oc1ccc2c(c1)[C@]1(C)CCN(C)[C@@H]1N2C. The molecule has 0 bridgehead atoms. The van der Waals surface area contributed by atoms with Crippen LogP contribution in [0.5, 0.6) is 11.5 Å². The fourth-order valence-electron chi connectivity index (χ4n) is 7.55. The van der Waals surface area contributed by atoms with Crippen molar-refractivity contribution in [1.29, 1.82) is 0 Å². The number of rotatable bonds is 2. The Balaban J connectivity index is 0.000000161. The van der Waals surface area contributed by atoms with E-state index in [-0.39, 0.29) is 10.8 Å². The fraction of sp³-hybridized carbons (Fsp3) is 0.533. The lowest BCUT2D eigenvalue weighted by Crippen LogP contribution is -2.45. The highest BCUT2D eigenvalue weighted by atomic mass is 16.6. The number of amides is 2. The minimum Gasteiger partial charge on any atom is -0.410 e. The van der Waals surface area contributed by atoms with Crippen LogP contribution in [0.25, 0.3) is 0 Å². The van der Waals surface area contributed by atoms with Crippen molar-refractivity contribution >= 4 is 23.6 Å². The summed E-state index contributed by atoms with van der Waals surface area (Å²) in [5.41, 5.74) is 5.20. The molecule has 2 aromatic rings. The van der Waals surface area contributed by atoms with Crippen LogP contribution in [0.4, 0.5) is 21.0 Å². The van der Waals surface area contributed by atoms with E-state index < -0.39 is 12.2 Å². The number of anilines is 2. The second kappa shape index (κ2) is 10.2. The third-order valence-electron chi connectivity index (χ3n) is 9.43. The molecule has 0 aliphatic carbocycles. The maximum atomic E-state index is 11.4. The zero-order chi connectivity index (χ0) is 29.0. The first-order valence-corrected chi connectivity index (χ1v) is 13.9. The van der Waals surface area contributed by atoms with Gasteiger partial charge in [-0.25, -0.2) is 9.59 Å². The van der Waals surface area contributed by atoms with Gasteiger partial charge in [0.1, 0.15) is 11.5 Å². The molecule has 2 amide bonds. The molecule has 0 radical (unpaired) electrons. The molecule has 2 aromatic carbocycles. The number of fused-ring (bicyclic) bond motifs is 6. The van der Waals surface area contributed by atoms with Gasteiger partial charge in [0.15, 0.2) is 0 Å². The molecule has 0 saturated carbocycles. The van der Waals surface area contributed by atoms with Gasteiger partial charge in [-0.3, -0.25) is 9.80 Å². The van der Waals surface area contributed by atoms with Crippen molar-refractivity contribution in [2.45, 2.75) is 49.9 Å². The maximum Gasteiger partial charge on any atom is 0.412 e. The molecule has 4 heterocycles. The van der Waals surface area contributed by atoms with E-state index in [2.05, 4.69) is 72.3 Å². The van der Waals surface area contributed by atoms with Gasteiger partial charge in [-0.2, -0.15) is 0 Å². The summed E-state index contributed by atoms with van der Waals surface area (Å²) in [6, 6.07) is 11.8. The van der Waals surface area contributed by atoms with Gasteiger partial charge in [-0.1, -0.05) is 13.8 Å². The van der Waals surface area contributed by atoms with Gasteiger partial charge in [0, 0.05) is 63.5 Å². The van der Waals surface area contributed by atoms with Gasteiger partial charge in [-0.15, -0.1) is 0 Å². The Hall–Kier alpha value is -3.50. The quantitative estimate of drug-likeness (QED) is 0.587. The molecule has 2 fully saturated rings. The lowest BCUT2D eigenvalue weighted by molar-refractivity contribution is 0.202. The summed E-state index contributed by atoms with van der Waals surface area (Å²) in [6.07, 6.45) is 2.15. The third kappa shape index (κ3) is 4.34. The number of hydrogen-bond donors (Lipinski definition) is 2. The number of ether oxygens (including phenoxy) is 2. The number of likely N-dealkylation sites (N-methyl/N-ethyl adjacent to an activating group) is 4. The molecule has 4 aliphatic rings. The van der Waals surface area contributed by atoms with Crippen LogP contribution in [0.1, 0.15) is 37.8 Å². The number of nitrogens with one attached hydrogen (secondary N) is 2. The van der Waals surface area contributed by atoms with E-state index in [4.69, 9.17) is 9.47 Å². The number of benzene rings is 2. The van der Waals surface area contributed by atoms with Crippen LogP contribution >= 0.6 is 0 Å². The first-order valence-electron chi connectivity index (χ1n) is 13.9. The summed E-state index contributed by atoms with van der Waals surface area (Å²) < 4.78 is 10.5. The first-order chi connectivity index (χ1) is 18.9. The van der Waals surface area contributed by atoms with Crippen LogP contribution in [-0.2, 0) is 10.8 Å². The lowest BCUT2D eigenvalue weighted by atomic mass is 9.81. The molecule has 2 saturated heterocycles. The smallest absolute Gasteiger partial charge is 0.410 e. The first kappa shape index (κ1) is 28.0. The van der Waals surface area contributed by atoms with Crippen LogP contribution in [-0.4, -0.2) is 89.7 Å². The molecule has 4 atom stereocenters. The van der Waals surface area contributed by atoms with Crippen molar-refractivity contribution in [1.82, 2.24) is 20.4 Å². The fourth-order valence-corrected chi connectivity index (χ4v) is 7.55. The Morgan fingerprint density at radius 1 is 0.725 bits per heavy atom. The predicted octanol–water partition coefficient (Wildman–Crippen LogP) is 3.55. The van der Waals surface area contributed by atoms with Crippen LogP contribution in [0.2, 0.25) is 0 Å². The predicted molar refractivity (Wildman–Crippen MR) is 157 cm³/mol. The van der Waals surface area contributed by atoms with Crippen molar-refractivity contribution in [3.05, 3.63) is 47.5 Å². The van der Waals surface area contributed by atoms with Crippen molar-refractivity contribution < 1.29 is 19.1 Å². The second-order valence-corrected chi connectivity index (χ2v) is 11.9. The summed E-state index contributed by atoms with van der Waals surface area (Å²) >= 11 is 0. The topological polar surface area (TPSA) is 89.6 Å². The molecule has 6 rings (SSSR count). The molecule has 0 spiro atoms. The molecule has 10 heteroatoms. The standard InChI is InChI=1S/2C15H21N3O2/c2*1-15-7-8-17(3)13(15)18(4)12-6-5-10(9-11(12)15)20-14(19)16-2/h2*5-6,9,13H,7-8H2,1-4H3,(H,16,19)/t2*13-,15+/m11/s1. The molecule has 0 aromatic heterocycles. The van der Waals surface area contributed by atoms with E-state index in [1.54, 1.807) is 14.1 Å². The molecule has 4 aliphatic heterocycles. The average Bonchev–Trinajstić information content (AvgIpc) is 3.56. The Morgan fingerprint density at radius 2 is 1.10 bits per heavy atom. The molecule has 40 heavy (non-hydrogen) atoms. The van der Waals surface area contributed by atoms with Crippen molar-refractivity contribution in [2.75, 3.05) is 65.2 Å². The summed E-state index contributed by atoms with van der Waals surface area (Å²) in [7, 11) is 11.7. The van der Waals surface area contributed by atoms with E-state index in [1.807, 2.05) is 36.4 Å². The summed E-state index contributed by atoms with van der Waals surface area (Å²) in [4.78, 5) is 32.1. The Labute approximate surface area is 237 Å². The minimum absolute atomic E-state index is 0.0981. The number of carbonyl (C=O) groups excluding carboxylic acids is 2. The normalized spacial score (nSPS) is 28.2. The summed E-state index contributed by atoms with van der Waals surface area (Å²) in [6.45, 7) is 6.78. The number of likely N-dealkylation sites (tertiary alicyclic amines) is 2. The van der Waals surface area contributed by atoms with E-state index in [9.17, 15) is 9.59 Å². The van der Waals surface area contributed by atoms with E-state index in [0.717, 1.165) is 25.9 Å². The zero-order valence-corrected chi connectivity index (χ0v) is 24.9. The molecule has 216 valence electrons. The summed E-state index contributed by atoms with van der Waals surface area (Å²) in [5.74, 6) is 1.21. The Morgan fingerprint density at radius 3 is 1.45 bits per heavy atom. The van der Waals surface area contributed by atoms with E-state index in [0.29, 0.717) is 23.8 Å². The van der Waals surface area contributed by atoms with Gasteiger partial charge in [0.25, 0.3) is 0 Å². The van der Waals surface area contributed by atoms with Crippen molar-refractivity contribution in [2.24, 2.45) is 0 Å². The maximum absolute atomic E-state index is 11.4. The highest BCUT2D eigenvalue weighted by Gasteiger charge is 2.53. The van der Waals surface area contributed by atoms with E-state index >= 15 is 0 Å². The monoisotopic (exact) mass is 550 g/mol. The van der Waals surface area contributed by atoms with Crippen molar-refractivity contribution in [3.63, 3.8) is 0 Å². The van der Waals surface area contributed by atoms with Gasteiger partial charge < -0.3 is 29.9 Å². The highest BCUT2D eigenvalue weighted by molar-refractivity contribution is 5.73. The van der Waals surface area contributed by atoms with Crippen LogP contribution in [0.3, 0.4) is 0 Å². The number of carbonyl (C=O) groups is 2. The van der Waals surface area contributed by atoms with Gasteiger partial charge in [0.05, 0.1) is 12.3 Å². The van der Waals surface area contributed by atoms with E-state index in [1.165, 1.54) is 22.5 Å². The lowest BCUT2D eigenvalue weighted by Gasteiger charge is -2.32. The van der Waals surface area contributed by atoms with Crippen molar-refractivity contribution in [3.8, 4) is 11.5 Å². The number of hydrogen-bond acceptors (Lipinski definition) is 8. The molecule has 2 N–H and O–H groups in total. The molecule has 0 unspecified atom stereocenters. The van der Waals surface area contributed by atoms with Gasteiger partial charge in [0.2, 0.25) is 0 Å². The largest absolute Gasteiger partial charge is 0.412 e. The second-order valence-electron chi connectivity index (χ2n) is 11.9. The average molecular weight is 551 g/mol. The van der Waals surface area contributed by atoms with Crippen LogP contribution in [0, 0.1) is 0 Å². The Kier molecular flexibility index (Phi) is 7.12. The highest BCUT2D eigenvalue weighted by Crippen LogP contribution is 2.52. The van der Waals surface area contributed by atoms with Crippen LogP contribution in [0.15, 0.2) is 36.4 Å². The number of nitrogens with zero attached hydrogens (tertiary/aromatic N) is 4. The van der Waals surface area contributed by atoms with Gasteiger partial charge in [-0.05, 0) is 74.5 Å². The molecule has 10 nitrogen and oxygen atoms in total. The molecular weight excluding hydrogens is 508 g/mol. The Bertz CT molecular complexity index is 1220.